The van der Waals surface area contributed by atoms with Crippen molar-refractivity contribution < 1.29 is 9.21 Å². The average Bonchev–Trinajstić information content (AvgIpc) is 2.86. The highest BCUT2D eigenvalue weighted by molar-refractivity contribution is 5.99. The average molecular weight is 206 g/mol. The Balaban J connectivity index is 0.000000531. The van der Waals surface area contributed by atoms with Crippen LogP contribution in [0, 0.1) is 0 Å². The van der Waals surface area contributed by atoms with Crippen LogP contribution in [0.25, 0.3) is 0 Å². The van der Waals surface area contributed by atoms with Crippen LogP contribution in [0.2, 0.25) is 0 Å². The largest absolute Gasteiger partial charge is 0.472 e. The summed E-state index contributed by atoms with van der Waals surface area (Å²) < 4.78 is 5.01. The van der Waals surface area contributed by atoms with Gasteiger partial charge in [-0.3, -0.25) is 4.79 Å². The molecule has 0 aromatic carbocycles. The lowest BCUT2D eigenvalue weighted by atomic mass is 9.96. The topological polar surface area (TPSA) is 30.2 Å². The zero-order chi connectivity index (χ0) is 11.4. The first-order valence-electron chi connectivity index (χ1n) is 5.43. The second-order valence-corrected chi connectivity index (χ2v) is 3.54. The highest BCUT2D eigenvalue weighted by atomic mass is 16.3. The molecule has 15 heavy (non-hydrogen) atoms. The summed E-state index contributed by atoms with van der Waals surface area (Å²) in [4.78, 5) is 11.4. The molecular formula is C13H18O2. The predicted molar refractivity (Wildman–Crippen MR) is 60.8 cm³/mol. The van der Waals surface area contributed by atoms with Gasteiger partial charge in [-0.25, -0.2) is 0 Å². The highest BCUT2D eigenvalue weighted by Gasteiger charge is 2.28. The molecule has 1 atom stereocenters. The molecular weight excluding hydrogens is 188 g/mol. The third-order valence-corrected chi connectivity index (χ3v) is 2.87. The first kappa shape index (κ1) is 11.8. The van der Waals surface area contributed by atoms with Crippen molar-refractivity contribution in [1.82, 2.24) is 0 Å². The van der Waals surface area contributed by atoms with Crippen molar-refractivity contribution in [2.75, 3.05) is 0 Å². The van der Waals surface area contributed by atoms with Gasteiger partial charge in [-0.1, -0.05) is 19.4 Å². The fourth-order valence-electron chi connectivity index (χ4n) is 1.81. The molecule has 1 aliphatic carbocycles. The van der Waals surface area contributed by atoms with E-state index >= 15 is 0 Å². The third kappa shape index (κ3) is 2.20. The van der Waals surface area contributed by atoms with Crippen LogP contribution in [0.5, 0.6) is 0 Å². The lowest BCUT2D eigenvalue weighted by Gasteiger charge is -2.06. The second kappa shape index (κ2) is 4.96. The Hall–Kier alpha value is -1.31. The van der Waals surface area contributed by atoms with Gasteiger partial charge < -0.3 is 4.42 Å². The number of allylic oxidation sites excluding steroid dienone is 2. The third-order valence-electron chi connectivity index (χ3n) is 2.87. The maximum atomic E-state index is 11.4. The molecule has 1 heterocycles. The molecule has 0 saturated carbocycles. The van der Waals surface area contributed by atoms with Crippen LogP contribution in [0.4, 0.5) is 0 Å². The second-order valence-electron chi connectivity index (χ2n) is 3.54. The number of carbonyl (C=O) groups excluding carboxylic acids is 1. The minimum absolute atomic E-state index is 0.256. The molecule has 0 N–H and O–H groups in total. The van der Waals surface area contributed by atoms with E-state index in [0.29, 0.717) is 6.42 Å². The molecule has 1 aromatic heterocycles. The Morgan fingerprint density at radius 2 is 2.00 bits per heavy atom. The van der Waals surface area contributed by atoms with Crippen LogP contribution >= 0.6 is 0 Å². The Morgan fingerprint density at radius 3 is 2.40 bits per heavy atom. The minimum atomic E-state index is 0.256. The normalized spacial score (nSPS) is 20.3. The lowest BCUT2D eigenvalue weighted by Crippen LogP contribution is -1.96. The number of Topliss-reactive ketones (excluding diaryl/α,β-unsaturated/α-hetero) is 1. The van der Waals surface area contributed by atoms with E-state index in [1.54, 1.807) is 12.5 Å². The van der Waals surface area contributed by atoms with Gasteiger partial charge in [-0.15, -0.1) is 0 Å². The Kier molecular flexibility index (Phi) is 3.89. The van der Waals surface area contributed by atoms with E-state index in [0.717, 1.165) is 11.1 Å². The van der Waals surface area contributed by atoms with Gasteiger partial charge in [0.1, 0.15) is 0 Å². The monoisotopic (exact) mass is 206 g/mol. The van der Waals surface area contributed by atoms with Crippen molar-refractivity contribution in [2.45, 2.75) is 40.0 Å². The molecule has 0 fully saturated rings. The molecule has 1 aliphatic rings. The van der Waals surface area contributed by atoms with Crippen molar-refractivity contribution in [1.29, 1.82) is 0 Å². The molecule has 0 saturated heterocycles. The number of hydrogen-bond acceptors (Lipinski definition) is 2. The molecule has 2 heteroatoms. The zero-order valence-electron chi connectivity index (χ0n) is 9.83. The van der Waals surface area contributed by atoms with Gasteiger partial charge in [0.25, 0.3) is 0 Å². The summed E-state index contributed by atoms with van der Waals surface area (Å²) in [7, 11) is 0. The molecule has 0 aliphatic heterocycles. The van der Waals surface area contributed by atoms with Crippen LogP contribution in [0.1, 0.15) is 45.6 Å². The number of carbonyl (C=O) groups is 1. The van der Waals surface area contributed by atoms with E-state index in [-0.39, 0.29) is 11.7 Å². The fraction of sp³-hybridized carbons (Fsp3) is 0.462. The molecule has 2 rings (SSSR count). The van der Waals surface area contributed by atoms with Crippen LogP contribution in [0.3, 0.4) is 0 Å². The zero-order valence-corrected chi connectivity index (χ0v) is 9.83. The Bertz CT molecular complexity index is 358. The summed E-state index contributed by atoms with van der Waals surface area (Å²) in [5.74, 6) is 0.523. The summed E-state index contributed by atoms with van der Waals surface area (Å²) in [6.45, 7) is 7.93. The van der Waals surface area contributed by atoms with Gasteiger partial charge in [0, 0.05) is 12.3 Å². The van der Waals surface area contributed by atoms with Gasteiger partial charge in [-0.2, -0.15) is 0 Å². The van der Waals surface area contributed by atoms with E-state index in [4.69, 9.17) is 4.42 Å². The van der Waals surface area contributed by atoms with E-state index in [2.05, 4.69) is 0 Å². The molecule has 0 radical (unpaired) electrons. The predicted octanol–water partition coefficient (Wildman–Crippen LogP) is 3.70. The molecule has 1 unspecified atom stereocenters. The first-order valence-corrected chi connectivity index (χ1v) is 5.43. The van der Waals surface area contributed by atoms with Crippen molar-refractivity contribution in [3.8, 4) is 0 Å². The molecule has 82 valence electrons. The summed E-state index contributed by atoms with van der Waals surface area (Å²) >= 11 is 0. The van der Waals surface area contributed by atoms with Gasteiger partial charge in [0.2, 0.25) is 0 Å². The van der Waals surface area contributed by atoms with E-state index < -0.39 is 0 Å². The molecule has 0 bridgehead atoms. The van der Waals surface area contributed by atoms with Crippen molar-refractivity contribution >= 4 is 5.78 Å². The van der Waals surface area contributed by atoms with Gasteiger partial charge >= 0.3 is 0 Å². The van der Waals surface area contributed by atoms with Crippen LogP contribution in [0.15, 0.2) is 34.2 Å². The number of rotatable bonds is 1. The molecule has 1 aromatic rings. The van der Waals surface area contributed by atoms with E-state index in [1.165, 1.54) is 5.57 Å². The van der Waals surface area contributed by atoms with Gasteiger partial charge in [-0.05, 0) is 31.1 Å². The summed E-state index contributed by atoms with van der Waals surface area (Å²) in [6, 6.07) is 1.93. The smallest absolute Gasteiger partial charge is 0.159 e. The number of ketones is 1. The number of furan rings is 1. The standard InChI is InChI=1S/C11H12O2.C2H6/c1-7-8(2)11(12)5-10(7)9-3-4-13-6-9;1-2/h3-4,6,10H,5H2,1-2H3;1-2H3. The minimum Gasteiger partial charge on any atom is -0.472 e. The molecule has 2 nitrogen and oxygen atoms in total. The summed E-state index contributed by atoms with van der Waals surface area (Å²) in [6.07, 6.45) is 3.98. The van der Waals surface area contributed by atoms with Gasteiger partial charge in [0.15, 0.2) is 5.78 Å². The lowest BCUT2D eigenvalue weighted by molar-refractivity contribution is -0.115. The molecule has 0 amide bonds. The van der Waals surface area contributed by atoms with Crippen LogP contribution in [-0.2, 0) is 4.79 Å². The van der Waals surface area contributed by atoms with E-state index in [9.17, 15) is 4.79 Å². The Labute approximate surface area is 91.0 Å². The Morgan fingerprint density at radius 1 is 1.33 bits per heavy atom. The first-order chi connectivity index (χ1) is 7.20. The molecule has 0 spiro atoms. The number of hydrogen-bond donors (Lipinski definition) is 0. The van der Waals surface area contributed by atoms with Gasteiger partial charge in [0.05, 0.1) is 12.5 Å². The van der Waals surface area contributed by atoms with Crippen molar-refractivity contribution in [3.63, 3.8) is 0 Å². The highest BCUT2D eigenvalue weighted by Crippen LogP contribution is 2.36. The fourth-order valence-corrected chi connectivity index (χ4v) is 1.81. The van der Waals surface area contributed by atoms with Crippen LogP contribution < -0.4 is 0 Å². The maximum absolute atomic E-state index is 11.4. The van der Waals surface area contributed by atoms with Crippen molar-refractivity contribution in [3.05, 3.63) is 35.3 Å². The summed E-state index contributed by atoms with van der Waals surface area (Å²) in [5.41, 5.74) is 3.22. The van der Waals surface area contributed by atoms with Crippen LogP contribution in [-0.4, -0.2) is 5.78 Å². The van der Waals surface area contributed by atoms with Crippen molar-refractivity contribution in [2.24, 2.45) is 0 Å². The quantitative estimate of drug-likeness (QED) is 0.701. The van der Waals surface area contributed by atoms with E-state index in [1.807, 2.05) is 33.8 Å². The SMILES string of the molecule is CC.CC1=C(C)C(c2ccoc2)CC1=O. The maximum Gasteiger partial charge on any atom is 0.159 e. The summed E-state index contributed by atoms with van der Waals surface area (Å²) in [5, 5.41) is 0.